The Hall–Kier alpha value is -1.14. The van der Waals surface area contributed by atoms with Crippen LogP contribution in [0.15, 0.2) is 22.8 Å². The fourth-order valence-corrected chi connectivity index (χ4v) is 3.92. The summed E-state index contributed by atoms with van der Waals surface area (Å²) in [6.45, 7) is 7.22. The van der Waals surface area contributed by atoms with Gasteiger partial charge in [-0.3, -0.25) is 4.79 Å². The minimum absolute atomic E-state index is 0.122. The van der Waals surface area contributed by atoms with E-state index in [1.54, 1.807) is 0 Å². The van der Waals surface area contributed by atoms with Crippen LogP contribution in [-0.4, -0.2) is 41.9 Å². The SMILES string of the molecule is CC(C)(C)OC(=O)C1CCN(c2cccc(Br)n2)C2CCCO[C@@H]12. The third-order valence-electron chi connectivity index (χ3n) is 4.52. The summed E-state index contributed by atoms with van der Waals surface area (Å²) >= 11 is 3.44. The van der Waals surface area contributed by atoms with Gasteiger partial charge in [0.1, 0.15) is 16.0 Å². The van der Waals surface area contributed by atoms with Crippen molar-refractivity contribution in [2.45, 2.75) is 57.8 Å². The van der Waals surface area contributed by atoms with Crippen molar-refractivity contribution in [3.05, 3.63) is 22.8 Å². The zero-order chi connectivity index (χ0) is 17.3. The summed E-state index contributed by atoms with van der Waals surface area (Å²) in [6, 6.07) is 6.10. The number of anilines is 1. The Balaban J connectivity index is 1.81. The fraction of sp³-hybridized carbons (Fsp3) is 0.667. The Labute approximate surface area is 151 Å². The number of piperidine rings is 1. The van der Waals surface area contributed by atoms with E-state index in [9.17, 15) is 4.79 Å². The lowest BCUT2D eigenvalue weighted by Crippen LogP contribution is -2.58. The number of aromatic nitrogens is 1. The van der Waals surface area contributed by atoms with Gasteiger partial charge in [0.15, 0.2) is 0 Å². The molecule has 1 aromatic heterocycles. The van der Waals surface area contributed by atoms with Crippen LogP contribution >= 0.6 is 15.9 Å². The zero-order valence-corrected chi connectivity index (χ0v) is 16.1. The number of nitrogens with zero attached hydrogens (tertiary/aromatic N) is 2. The first kappa shape index (κ1) is 17.7. The summed E-state index contributed by atoms with van der Waals surface area (Å²) in [5.41, 5.74) is -0.468. The quantitative estimate of drug-likeness (QED) is 0.564. The number of hydrogen-bond donors (Lipinski definition) is 0. The Morgan fingerprint density at radius 2 is 2.17 bits per heavy atom. The smallest absolute Gasteiger partial charge is 0.312 e. The molecule has 1 aromatic rings. The number of pyridine rings is 1. The van der Waals surface area contributed by atoms with Gasteiger partial charge in [-0.25, -0.2) is 4.98 Å². The Morgan fingerprint density at radius 1 is 1.38 bits per heavy atom. The molecule has 3 atom stereocenters. The van der Waals surface area contributed by atoms with E-state index in [2.05, 4.69) is 25.8 Å². The van der Waals surface area contributed by atoms with Gasteiger partial charge in [0.05, 0.1) is 18.1 Å². The third-order valence-corrected chi connectivity index (χ3v) is 4.96. The molecule has 2 saturated heterocycles. The average Bonchev–Trinajstić information content (AvgIpc) is 2.52. The fourth-order valence-electron chi connectivity index (χ4n) is 3.58. The molecule has 132 valence electrons. The van der Waals surface area contributed by atoms with Crippen molar-refractivity contribution in [2.75, 3.05) is 18.1 Å². The number of halogens is 1. The van der Waals surface area contributed by atoms with Gasteiger partial charge in [-0.1, -0.05) is 6.07 Å². The third kappa shape index (κ3) is 3.91. The Bertz CT molecular complexity index is 602. The van der Waals surface area contributed by atoms with Crippen molar-refractivity contribution in [3.63, 3.8) is 0 Å². The van der Waals surface area contributed by atoms with Crippen LogP contribution < -0.4 is 4.90 Å². The van der Waals surface area contributed by atoms with E-state index in [1.807, 2.05) is 39.0 Å². The van der Waals surface area contributed by atoms with Gasteiger partial charge in [-0.15, -0.1) is 0 Å². The number of carbonyl (C=O) groups excluding carboxylic acids is 1. The minimum Gasteiger partial charge on any atom is -0.460 e. The molecule has 0 N–H and O–H groups in total. The van der Waals surface area contributed by atoms with E-state index in [0.717, 1.165) is 36.2 Å². The van der Waals surface area contributed by atoms with Crippen LogP contribution in [0, 0.1) is 5.92 Å². The first-order chi connectivity index (χ1) is 11.3. The Morgan fingerprint density at radius 3 is 2.88 bits per heavy atom. The van der Waals surface area contributed by atoms with Gasteiger partial charge in [-0.05, 0) is 68.1 Å². The van der Waals surface area contributed by atoms with Crippen molar-refractivity contribution in [2.24, 2.45) is 5.92 Å². The highest BCUT2D eigenvalue weighted by Crippen LogP contribution is 2.35. The molecule has 0 spiro atoms. The molecule has 2 aliphatic rings. The monoisotopic (exact) mass is 396 g/mol. The van der Waals surface area contributed by atoms with Gasteiger partial charge in [0, 0.05) is 13.2 Å². The number of esters is 1. The van der Waals surface area contributed by atoms with Crippen LogP contribution in [-0.2, 0) is 14.3 Å². The number of carbonyl (C=O) groups is 1. The average molecular weight is 397 g/mol. The highest BCUT2D eigenvalue weighted by molar-refractivity contribution is 9.10. The summed E-state index contributed by atoms with van der Waals surface area (Å²) < 4.78 is 12.5. The second-order valence-corrected chi connectivity index (χ2v) is 8.30. The van der Waals surface area contributed by atoms with Gasteiger partial charge >= 0.3 is 5.97 Å². The van der Waals surface area contributed by atoms with Crippen molar-refractivity contribution >= 4 is 27.7 Å². The van der Waals surface area contributed by atoms with Crippen LogP contribution in [0.5, 0.6) is 0 Å². The molecular weight excluding hydrogens is 372 g/mol. The van der Waals surface area contributed by atoms with Gasteiger partial charge in [0.25, 0.3) is 0 Å². The van der Waals surface area contributed by atoms with Crippen molar-refractivity contribution in [1.82, 2.24) is 4.98 Å². The normalized spacial score (nSPS) is 27.5. The lowest BCUT2D eigenvalue weighted by molar-refractivity contribution is -0.170. The number of ether oxygens (including phenoxy) is 2. The van der Waals surface area contributed by atoms with Crippen LogP contribution in [0.3, 0.4) is 0 Å². The topological polar surface area (TPSA) is 51.7 Å². The first-order valence-electron chi connectivity index (χ1n) is 8.59. The van der Waals surface area contributed by atoms with E-state index in [-0.39, 0.29) is 24.0 Å². The molecule has 24 heavy (non-hydrogen) atoms. The van der Waals surface area contributed by atoms with Crippen molar-refractivity contribution in [1.29, 1.82) is 0 Å². The van der Waals surface area contributed by atoms with Crippen molar-refractivity contribution in [3.8, 4) is 0 Å². The second kappa shape index (κ2) is 7.00. The molecule has 0 bridgehead atoms. The maximum absolute atomic E-state index is 12.6. The summed E-state index contributed by atoms with van der Waals surface area (Å²) in [5, 5.41) is 0. The van der Waals surface area contributed by atoms with Gasteiger partial charge in [0.2, 0.25) is 0 Å². The molecule has 3 rings (SSSR count). The molecule has 0 saturated carbocycles. The molecule has 0 aromatic carbocycles. The standard InChI is InChI=1S/C18H25BrN2O3/c1-18(2,3)24-17(22)12-9-10-21(13-6-5-11-23-16(12)13)15-8-4-7-14(19)20-15/h4,7-8,12-13,16H,5-6,9-11H2,1-3H3/t12?,13?,16-/m0/s1. The number of rotatable bonds is 2. The van der Waals surface area contributed by atoms with E-state index in [4.69, 9.17) is 9.47 Å². The molecule has 5 nitrogen and oxygen atoms in total. The molecule has 0 amide bonds. The largest absolute Gasteiger partial charge is 0.460 e. The van der Waals surface area contributed by atoms with E-state index in [0.29, 0.717) is 6.61 Å². The first-order valence-corrected chi connectivity index (χ1v) is 9.38. The highest BCUT2D eigenvalue weighted by atomic mass is 79.9. The molecule has 2 unspecified atom stereocenters. The number of hydrogen-bond acceptors (Lipinski definition) is 5. The summed E-state index contributed by atoms with van der Waals surface area (Å²) in [6.07, 6.45) is 2.62. The van der Waals surface area contributed by atoms with Crippen LogP contribution in [0.25, 0.3) is 0 Å². The minimum atomic E-state index is -0.468. The van der Waals surface area contributed by atoms with Gasteiger partial charge < -0.3 is 14.4 Å². The predicted octanol–water partition coefficient (Wildman–Crippen LogP) is 3.56. The molecular formula is C18H25BrN2O3. The predicted molar refractivity (Wildman–Crippen MR) is 96.0 cm³/mol. The van der Waals surface area contributed by atoms with E-state index >= 15 is 0 Å². The lowest BCUT2D eigenvalue weighted by atomic mass is 9.84. The zero-order valence-electron chi connectivity index (χ0n) is 14.5. The molecule has 2 aliphatic heterocycles. The maximum atomic E-state index is 12.6. The molecule has 6 heteroatoms. The lowest BCUT2D eigenvalue weighted by Gasteiger charge is -2.47. The van der Waals surface area contributed by atoms with Crippen molar-refractivity contribution < 1.29 is 14.3 Å². The van der Waals surface area contributed by atoms with E-state index < -0.39 is 5.60 Å². The molecule has 0 radical (unpaired) electrons. The Kier molecular flexibility index (Phi) is 5.16. The van der Waals surface area contributed by atoms with E-state index in [1.165, 1.54) is 0 Å². The van der Waals surface area contributed by atoms with Crippen LogP contribution in [0.1, 0.15) is 40.0 Å². The highest BCUT2D eigenvalue weighted by Gasteiger charge is 2.45. The molecule has 0 aliphatic carbocycles. The molecule has 3 heterocycles. The second-order valence-electron chi connectivity index (χ2n) is 7.49. The van der Waals surface area contributed by atoms with Crippen LogP contribution in [0.2, 0.25) is 0 Å². The summed E-state index contributed by atoms with van der Waals surface area (Å²) in [5.74, 6) is 0.603. The maximum Gasteiger partial charge on any atom is 0.312 e. The summed E-state index contributed by atoms with van der Waals surface area (Å²) in [4.78, 5) is 19.5. The molecule has 2 fully saturated rings. The van der Waals surface area contributed by atoms with Crippen LogP contribution in [0.4, 0.5) is 5.82 Å². The number of fused-ring (bicyclic) bond motifs is 1. The van der Waals surface area contributed by atoms with Gasteiger partial charge in [-0.2, -0.15) is 0 Å². The summed E-state index contributed by atoms with van der Waals surface area (Å²) in [7, 11) is 0.